The molecule has 1 fully saturated rings. The van der Waals surface area contributed by atoms with Gasteiger partial charge in [-0.25, -0.2) is 8.42 Å². The molecule has 4 rings (SSSR count). The van der Waals surface area contributed by atoms with Crippen LogP contribution in [-0.2, 0) is 21.9 Å². The number of hydrogen-bond acceptors (Lipinski definition) is 5. The fourth-order valence-electron chi connectivity index (χ4n) is 3.74. The molecule has 1 saturated heterocycles. The molecular formula is C22H25N3O4S2. The summed E-state index contributed by atoms with van der Waals surface area (Å²) in [6.07, 6.45) is 0.936. The molecule has 0 atom stereocenters. The van der Waals surface area contributed by atoms with Gasteiger partial charge in [0.2, 0.25) is 10.0 Å². The molecule has 0 unspecified atom stereocenters. The van der Waals surface area contributed by atoms with E-state index in [-0.39, 0.29) is 11.8 Å². The van der Waals surface area contributed by atoms with Crippen molar-refractivity contribution in [1.29, 1.82) is 0 Å². The number of amides is 1. The van der Waals surface area contributed by atoms with Gasteiger partial charge in [0, 0.05) is 26.1 Å². The van der Waals surface area contributed by atoms with E-state index in [0.717, 1.165) is 21.5 Å². The summed E-state index contributed by atoms with van der Waals surface area (Å²) in [7, 11) is -0.0369. The summed E-state index contributed by atoms with van der Waals surface area (Å²) >= 11 is 1.44. The number of carbonyl (C=O) groups is 1. The van der Waals surface area contributed by atoms with E-state index in [1.54, 1.807) is 31.4 Å². The molecule has 7 nitrogen and oxygen atoms in total. The second kappa shape index (κ2) is 8.57. The Hall–Kier alpha value is -2.49. The first-order valence-corrected chi connectivity index (χ1v) is 12.3. The van der Waals surface area contributed by atoms with E-state index in [1.165, 1.54) is 15.6 Å². The van der Waals surface area contributed by atoms with Gasteiger partial charge in [0.1, 0.15) is 5.75 Å². The van der Waals surface area contributed by atoms with Gasteiger partial charge in [-0.2, -0.15) is 9.30 Å². The summed E-state index contributed by atoms with van der Waals surface area (Å²) in [6, 6.07) is 12.6. The maximum atomic E-state index is 12.9. The molecule has 0 saturated carbocycles. The summed E-state index contributed by atoms with van der Waals surface area (Å²) < 4.78 is 35.4. The first-order chi connectivity index (χ1) is 14.8. The van der Waals surface area contributed by atoms with Crippen LogP contribution in [0.5, 0.6) is 5.75 Å². The van der Waals surface area contributed by atoms with Crippen LogP contribution in [0.2, 0.25) is 0 Å². The zero-order valence-corrected chi connectivity index (χ0v) is 19.4. The van der Waals surface area contributed by atoms with Crippen molar-refractivity contribution in [1.82, 2.24) is 8.87 Å². The van der Waals surface area contributed by atoms with E-state index in [4.69, 9.17) is 4.74 Å². The van der Waals surface area contributed by atoms with Crippen LogP contribution in [0, 0.1) is 12.8 Å². The largest absolute Gasteiger partial charge is 0.497 e. The SMILES string of the molecule is COc1ccc2c(c1)sc(=NC(=O)C1CCN(S(=O)(=O)c3ccc(C)cc3)CC1)n2C. The molecule has 3 aromatic rings. The van der Waals surface area contributed by atoms with Gasteiger partial charge in [0.15, 0.2) is 4.80 Å². The molecule has 2 aromatic carbocycles. The van der Waals surface area contributed by atoms with Crippen molar-refractivity contribution >= 4 is 37.5 Å². The Bertz CT molecular complexity index is 1280. The zero-order valence-electron chi connectivity index (χ0n) is 17.7. The van der Waals surface area contributed by atoms with E-state index in [0.29, 0.717) is 35.6 Å². The molecule has 9 heteroatoms. The lowest BCUT2D eigenvalue weighted by atomic mass is 9.98. The van der Waals surface area contributed by atoms with Gasteiger partial charge in [0.25, 0.3) is 5.91 Å². The zero-order chi connectivity index (χ0) is 22.2. The van der Waals surface area contributed by atoms with Crippen LogP contribution < -0.4 is 9.54 Å². The number of nitrogens with zero attached hydrogens (tertiary/aromatic N) is 3. The number of aromatic nitrogens is 1. The van der Waals surface area contributed by atoms with E-state index in [1.807, 2.05) is 36.7 Å². The summed E-state index contributed by atoms with van der Waals surface area (Å²) in [6.45, 7) is 2.56. The second-order valence-corrected chi connectivity index (χ2v) is 10.7. The van der Waals surface area contributed by atoms with Crippen LogP contribution in [0.4, 0.5) is 0 Å². The van der Waals surface area contributed by atoms with E-state index >= 15 is 0 Å². The average molecular weight is 460 g/mol. The minimum absolute atomic E-state index is 0.193. The van der Waals surface area contributed by atoms with Gasteiger partial charge in [-0.3, -0.25) is 4.79 Å². The smallest absolute Gasteiger partial charge is 0.251 e. The van der Waals surface area contributed by atoms with E-state index in [2.05, 4.69) is 4.99 Å². The molecule has 1 aliphatic heterocycles. The van der Waals surface area contributed by atoms with Gasteiger partial charge >= 0.3 is 0 Å². The lowest BCUT2D eigenvalue weighted by molar-refractivity contribution is -0.122. The van der Waals surface area contributed by atoms with Crippen LogP contribution >= 0.6 is 11.3 Å². The number of piperidine rings is 1. The average Bonchev–Trinajstić information content (AvgIpc) is 3.08. The van der Waals surface area contributed by atoms with Crippen LogP contribution in [0.15, 0.2) is 52.4 Å². The highest BCUT2D eigenvalue weighted by molar-refractivity contribution is 7.89. The number of hydrogen-bond donors (Lipinski definition) is 0. The van der Waals surface area contributed by atoms with Crippen LogP contribution in [0.1, 0.15) is 18.4 Å². The molecule has 2 heterocycles. The number of carbonyl (C=O) groups excluding carboxylic acids is 1. The predicted octanol–water partition coefficient (Wildman–Crippen LogP) is 3.09. The fraction of sp³-hybridized carbons (Fsp3) is 0.364. The maximum Gasteiger partial charge on any atom is 0.251 e. The Morgan fingerprint density at radius 3 is 2.45 bits per heavy atom. The van der Waals surface area contributed by atoms with Gasteiger partial charge in [-0.1, -0.05) is 29.0 Å². The maximum absolute atomic E-state index is 12.9. The number of thiazole rings is 1. The monoisotopic (exact) mass is 459 g/mol. The van der Waals surface area contributed by atoms with Gasteiger partial charge < -0.3 is 9.30 Å². The molecular weight excluding hydrogens is 434 g/mol. The highest BCUT2D eigenvalue weighted by atomic mass is 32.2. The quantitative estimate of drug-likeness (QED) is 0.601. The number of ether oxygens (including phenoxy) is 1. The molecule has 164 valence electrons. The Kier molecular flexibility index (Phi) is 6.00. The highest BCUT2D eigenvalue weighted by Gasteiger charge is 2.32. The van der Waals surface area contributed by atoms with Crippen molar-refractivity contribution in [3.63, 3.8) is 0 Å². The first kappa shape index (κ1) is 21.7. The molecule has 1 amide bonds. The van der Waals surface area contributed by atoms with Crippen molar-refractivity contribution in [2.45, 2.75) is 24.7 Å². The molecule has 0 spiro atoms. The number of rotatable bonds is 4. The number of sulfonamides is 1. The Labute approximate surface area is 185 Å². The summed E-state index contributed by atoms with van der Waals surface area (Å²) in [5.41, 5.74) is 1.99. The molecule has 0 radical (unpaired) electrons. The lowest BCUT2D eigenvalue weighted by Crippen LogP contribution is -2.40. The van der Waals surface area contributed by atoms with Crippen molar-refractivity contribution in [2.24, 2.45) is 18.0 Å². The number of aryl methyl sites for hydroxylation is 2. The topological polar surface area (TPSA) is 81.0 Å². The molecule has 31 heavy (non-hydrogen) atoms. The van der Waals surface area contributed by atoms with Crippen molar-refractivity contribution in [3.05, 3.63) is 52.8 Å². The molecule has 1 aliphatic rings. The summed E-state index contributed by atoms with van der Waals surface area (Å²) in [5, 5.41) is 0. The van der Waals surface area contributed by atoms with Gasteiger partial charge in [-0.05, 0) is 50.1 Å². The summed E-state index contributed by atoms with van der Waals surface area (Å²) in [4.78, 5) is 18.1. The van der Waals surface area contributed by atoms with Crippen LogP contribution in [-0.4, -0.2) is 43.4 Å². The Morgan fingerprint density at radius 2 is 1.81 bits per heavy atom. The highest BCUT2D eigenvalue weighted by Crippen LogP contribution is 2.26. The molecule has 1 aromatic heterocycles. The molecule has 0 aliphatic carbocycles. The first-order valence-electron chi connectivity index (χ1n) is 10.1. The molecule has 0 bridgehead atoms. The third kappa shape index (κ3) is 4.30. The van der Waals surface area contributed by atoms with E-state index < -0.39 is 10.0 Å². The van der Waals surface area contributed by atoms with E-state index in [9.17, 15) is 13.2 Å². The lowest BCUT2D eigenvalue weighted by Gasteiger charge is -2.29. The van der Waals surface area contributed by atoms with Crippen LogP contribution in [0.25, 0.3) is 10.2 Å². The minimum Gasteiger partial charge on any atom is -0.497 e. The number of fused-ring (bicyclic) bond motifs is 1. The standard InChI is InChI=1S/C22H25N3O4S2/c1-15-4-7-18(8-5-15)31(27,28)25-12-10-16(11-13-25)21(26)23-22-24(2)19-9-6-17(29-3)14-20(19)30-22/h4-9,14,16H,10-13H2,1-3H3. The fourth-order valence-corrected chi connectivity index (χ4v) is 6.26. The number of benzene rings is 2. The Morgan fingerprint density at radius 1 is 1.13 bits per heavy atom. The van der Waals surface area contributed by atoms with Crippen molar-refractivity contribution < 1.29 is 17.9 Å². The van der Waals surface area contributed by atoms with Crippen LogP contribution in [0.3, 0.4) is 0 Å². The number of methoxy groups -OCH3 is 1. The third-order valence-electron chi connectivity index (χ3n) is 5.68. The third-order valence-corrected chi connectivity index (χ3v) is 8.69. The molecule has 0 N–H and O–H groups in total. The van der Waals surface area contributed by atoms with Gasteiger partial charge in [-0.15, -0.1) is 0 Å². The normalized spacial score (nSPS) is 16.7. The minimum atomic E-state index is -3.54. The second-order valence-electron chi connectivity index (χ2n) is 7.72. The van der Waals surface area contributed by atoms with Gasteiger partial charge in [0.05, 0.1) is 22.2 Å². The Balaban J connectivity index is 1.49. The van der Waals surface area contributed by atoms with Crippen molar-refractivity contribution in [3.8, 4) is 5.75 Å². The van der Waals surface area contributed by atoms with Crippen molar-refractivity contribution in [2.75, 3.05) is 20.2 Å². The summed E-state index contributed by atoms with van der Waals surface area (Å²) in [5.74, 6) is 0.292. The predicted molar refractivity (Wildman–Crippen MR) is 121 cm³/mol.